The van der Waals surface area contributed by atoms with Crippen LogP contribution in [0, 0.1) is 6.20 Å². The topological polar surface area (TPSA) is 43.3 Å². The minimum Gasteiger partial charge on any atom is -0.430 e. The fourth-order valence-electron chi connectivity index (χ4n) is 2.10. The van der Waals surface area contributed by atoms with E-state index in [2.05, 4.69) is 16.3 Å². The first-order chi connectivity index (χ1) is 7.95. The molecule has 0 aliphatic rings. The standard InChI is InChI=1S/C12H6N3O.Ir/c1-2-4-10-8(3-1)11-9(7-14-16-11)12-13-5-6-15(10)12;/h1-6H;/q-1;. The summed E-state index contributed by atoms with van der Waals surface area (Å²) in [5, 5.41) is 5.58. The molecule has 0 N–H and O–H groups in total. The van der Waals surface area contributed by atoms with E-state index in [1.54, 1.807) is 6.20 Å². The first kappa shape index (κ1) is 10.4. The van der Waals surface area contributed by atoms with Crippen LogP contribution in [0.4, 0.5) is 0 Å². The van der Waals surface area contributed by atoms with Gasteiger partial charge in [-0.3, -0.25) is 0 Å². The van der Waals surface area contributed by atoms with Crippen molar-refractivity contribution in [3.63, 3.8) is 0 Å². The molecule has 3 heterocycles. The van der Waals surface area contributed by atoms with Crippen LogP contribution in [-0.4, -0.2) is 14.5 Å². The van der Waals surface area contributed by atoms with Gasteiger partial charge in [-0.2, -0.15) is 5.16 Å². The van der Waals surface area contributed by atoms with Crippen molar-refractivity contribution in [3.05, 3.63) is 42.9 Å². The van der Waals surface area contributed by atoms with Crippen LogP contribution in [0.15, 0.2) is 41.2 Å². The number of imidazole rings is 1. The molecule has 0 fully saturated rings. The van der Waals surface area contributed by atoms with Gasteiger partial charge >= 0.3 is 0 Å². The van der Waals surface area contributed by atoms with Crippen LogP contribution >= 0.6 is 0 Å². The molecule has 5 heteroatoms. The van der Waals surface area contributed by atoms with Crippen LogP contribution < -0.4 is 0 Å². The Morgan fingerprint density at radius 1 is 1.24 bits per heavy atom. The summed E-state index contributed by atoms with van der Waals surface area (Å²) in [6, 6.07) is 8.02. The second kappa shape index (κ2) is 3.65. The van der Waals surface area contributed by atoms with Crippen LogP contribution in [0.1, 0.15) is 0 Å². The monoisotopic (exact) mass is 401 g/mol. The van der Waals surface area contributed by atoms with Crippen molar-refractivity contribution < 1.29 is 24.6 Å². The average Bonchev–Trinajstić information content (AvgIpc) is 2.98. The Labute approximate surface area is 110 Å². The fourth-order valence-corrected chi connectivity index (χ4v) is 2.10. The van der Waals surface area contributed by atoms with E-state index in [1.165, 1.54) is 0 Å². The maximum Gasteiger partial charge on any atom is 0.0652 e. The minimum atomic E-state index is 0. The number of fused-ring (bicyclic) bond motifs is 6. The summed E-state index contributed by atoms with van der Waals surface area (Å²) < 4.78 is 7.27. The van der Waals surface area contributed by atoms with Gasteiger partial charge in [-0.25, -0.2) is 0 Å². The Kier molecular flexibility index (Phi) is 2.24. The molecule has 0 bridgehead atoms. The van der Waals surface area contributed by atoms with Crippen molar-refractivity contribution in [3.8, 4) is 0 Å². The smallest absolute Gasteiger partial charge is 0.0652 e. The molecule has 0 atom stereocenters. The van der Waals surface area contributed by atoms with Crippen LogP contribution in [0.5, 0.6) is 0 Å². The Hall–Kier alpha value is -1.71. The summed E-state index contributed by atoms with van der Waals surface area (Å²) in [5.41, 5.74) is 2.64. The molecular formula is C12H6IrN3O-. The minimum absolute atomic E-state index is 0. The fraction of sp³-hybridized carbons (Fsp3) is 0. The number of hydrogen-bond acceptors (Lipinski definition) is 3. The summed E-state index contributed by atoms with van der Waals surface area (Å²) in [4.78, 5) is 4.30. The predicted octanol–water partition coefficient (Wildman–Crippen LogP) is 2.43. The molecule has 4 rings (SSSR count). The third-order valence-corrected chi connectivity index (χ3v) is 2.79. The summed E-state index contributed by atoms with van der Waals surface area (Å²) in [6.07, 6.45) is 6.54. The number of rotatable bonds is 0. The molecule has 0 saturated heterocycles. The van der Waals surface area contributed by atoms with Gasteiger partial charge in [-0.05, 0) is 17.6 Å². The average molecular weight is 400 g/mol. The van der Waals surface area contributed by atoms with E-state index in [0.717, 1.165) is 27.5 Å². The van der Waals surface area contributed by atoms with Crippen LogP contribution in [0.25, 0.3) is 27.5 Å². The number of pyridine rings is 1. The maximum atomic E-state index is 5.25. The Balaban J connectivity index is 0.000000902. The molecule has 0 spiro atoms. The first-order valence-electron chi connectivity index (χ1n) is 4.96. The van der Waals surface area contributed by atoms with Gasteiger partial charge in [0.05, 0.1) is 5.58 Å². The Morgan fingerprint density at radius 3 is 3.06 bits per heavy atom. The third kappa shape index (κ3) is 1.27. The Bertz CT molecular complexity index is 749. The van der Waals surface area contributed by atoms with E-state index >= 15 is 0 Å². The zero-order valence-electron chi connectivity index (χ0n) is 8.55. The largest absolute Gasteiger partial charge is 0.430 e. The van der Waals surface area contributed by atoms with Gasteiger partial charge in [0, 0.05) is 43.7 Å². The molecule has 1 aromatic carbocycles. The summed E-state index contributed by atoms with van der Waals surface area (Å²) in [7, 11) is 0. The van der Waals surface area contributed by atoms with Gasteiger partial charge in [-0.1, -0.05) is 23.6 Å². The van der Waals surface area contributed by atoms with Crippen molar-refractivity contribution in [2.45, 2.75) is 0 Å². The molecule has 85 valence electrons. The molecule has 0 unspecified atom stereocenters. The first-order valence-corrected chi connectivity index (χ1v) is 4.96. The van der Waals surface area contributed by atoms with Crippen LogP contribution in [0.3, 0.4) is 0 Å². The second-order valence-electron chi connectivity index (χ2n) is 3.64. The summed E-state index contributed by atoms with van der Waals surface area (Å²) >= 11 is 0. The number of benzene rings is 1. The predicted molar refractivity (Wildman–Crippen MR) is 59.1 cm³/mol. The van der Waals surface area contributed by atoms with Gasteiger partial charge in [0.25, 0.3) is 0 Å². The molecule has 3 aromatic heterocycles. The molecule has 17 heavy (non-hydrogen) atoms. The van der Waals surface area contributed by atoms with Crippen LogP contribution in [-0.2, 0) is 20.1 Å². The van der Waals surface area contributed by atoms with Gasteiger partial charge in [0.1, 0.15) is 0 Å². The summed E-state index contributed by atoms with van der Waals surface area (Å²) in [6.45, 7) is 0. The maximum absolute atomic E-state index is 5.25. The molecule has 1 radical (unpaired) electrons. The Morgan fingerprint density at radius 2 is 2.12 bits per heavy atom. The molecule has 0 aliphatic heterocycles. The van der Waals surface area contributed by atoms with Gasteiger partial charge < -0.3 is 13.9 Å². The van der Waals surface area contributed by atoms with E-state index in [9.17, 15) is 0 Å². The van der Waals surface area contributed by atoms with E-state index in [1.807, 2.05) is 34.9 Å². The van der Waals surface area contributed by atoms with Gasteiger partial charge in [-0.15, -0.1) is 0 Å². The molecule has 4 aromatic rings. The molecule has 0 aliphatic carbocycles. The normalized spacial score (nSPS) is 11.1. The summed E-state index contributed by atoms with van der Waals surface area (Å²) in [5.74, 6) is 0. The molecule has 0 saturated carbocycles. The van der Waals surface area contributed by atoms with E-state index in [-0.39, 0.29) is 20.1 Å². The van der Waals surface area contributed by atoms with E-state index in [0.29, 0.717) is 0 Å². The van der Waals surface area contributed by atoms with Crippen molar-refractivity contribution in [1.29, 1.82) is 0 Å². The van der Waals surface area contributed by atoms with Crippen LogP contribution in [0.2, 0.25) is 0 Å². The zero-order chi connectivity index (χ0) is 10.5. The van der Waals surface area contributed by atoms with Crippen molar-refractivity contribution in [2.24, 2.45) is 0 Å². The van der Waals surface area contributed by atoms with Gasteiger partial charge in [0.15, 0.2) is 0 Å². The van der Waals surface area contributed by atoms with Crippen molar-refractivity contribution in [1.82, 2.24) is 14.5 Å². The zero-order valence-corrected chi connectivity index (χ0v) is 10.9. The number of para-hydroxylation sites is 1. The van der Waals surface area contributed by atoms with E-state index < -0.39 is 0 Å². The second-order valence-corrected chi connectivity index (χ2v) is 3.64. The molecule has 4 nitrogen and oxygen atoms in total. The molecule has 0 amide bonds. The quantitative estimate of drug-likeness (QED) is 0.426. The third-order valence-electron chi connectivity index (χ3n) is 2.79. The molecular weight excluding hydrogens is 394 g/mol. The number of hydrogen-bond donors (Lipinski definition) is 0. The number of aromatic nitrogens is 3. The van der Waals surface area contributed by atoms with Crippen molar-refractivity contribution in [2.75, 3.05) is 0 Å². The SMILES string of the molecule is [Ir].[c-]1noc2c1c1nccn1c1ccccc21. The number of nitrogens with zero attached hydrogens (tertiary/aromatic N) is 3. The van der Waals surface area contributed by atoms with E-state index in [4.69, 9.17) is 4.52 Å². The van der Waals surface area contributed by atoms with Gasteiger partial charge in [0.2, 0.25) is 0 Å². The van der Waals surface area contributed by atoms with Crippen molar-refractivity contribution >= 4 is 27.5 Å².